The van der Waals surface area contributed by atoms with Gasteiger partial charge in [-0.05, 0) is 49.1 Å². The van der Waals surface area contributed by atoms with E-state index in [4.69, 9.17) is 0 Å². The Kier molecular flexibility index (Phi) is 4.47. The molecule has 4 heteroatoms. The summed E-state index contributed by atoms with van der Waals surface area (Å²) in [4.78, 5) is 21.8. The van der Waals surface area contributed by atoms with Crippen LogP contribution in [0.25, 0.3) is 17.0 Å². The molecule has 0 aliphatic heterocycles. The number of hydrogen-bond donors (Lipinski definition) is 1. The summed E-state index contributed by atoms with van der Waals surface area (Å²) >= 11 is 0. The van der Waals surface area contributed by atoms with Crippen molar-refractivity contribution in [3.8, 4) is 0 Å². The van der Waals surface area contributed by atoms with Gasteiger partial charge in [-0.1, -0.05) is 24.3 Å². The highest BCUT2D eigenvalue weighted by atomic mass is 16.2. The molecule has 24 heavy (non-hydrogen) atoms. The first-order chi connectivity index (χ1) is 11.5. The Hall–Kier alpha value is -2.88. The maximum absolute atomic E-state index is 12.4. The van der Waals surface area contributed by atoms with Crippen molar-refractivity contribution in [2.45, 2.75) is 19.9 Å². The van der Waals surface area contributed by atoms with Crippen molar-refractivity contribution in [1.29, 1.82) is 0 Å². The Morgan fingerprint density at radius 1 is 1.25 bits per heavy atom. The molecule has 1 unspecified atom stereocenters. The van der Waals surface area contributed by atoms with Crippen LogP contribution >= 0.6 is 0 Å². The molecule has 1 amide bonds. The fraction of sp³-hybridized carbons (Fsp3) is 0.200. The quantitative estimate of drug-likeness (QED) is 0.736. The third-order valence-electron chi connectivity index (χ3n) is 4.28. The van der Waals surface area contributed by atoms with Crippen molar-refractivity contribution in [2.75, 3.05) is 7.05 Å². The number of hydrogen-bond acceptors (Lipinski definition) is 2. The molecular weight excluding hydrogens is 298 g/mol. The Bertz CT molecular complexity index is 844. The molecule has 0 aliphatic carbocycles. The number of aromatic nitrogens is 2. The molecule has 2 aromatic heterocycles. The molecule has 4 nitrogen and oxygen atoms in total. The number of aromatic amines is 1. The molecule has 0 bridgehead atoms. The highest BCUT2D eigenvalue weighted by Gasteiger charge is 2.17. The summed E-state index contributed by atoms with van der Waals surface area (Å²) < 4.78 is 0. The average Bonchev–Trinajstić information content (AvgIpc) is 3.03. The number of pyridine rings is 1. The van der Waals surface area contributed by atoms with E-state index in [-0.39, 0.29) is 11.9 Å². The van der Waals surface area contributed by atoms with Gasteiger partial charge in [0.1, 0.15) is 0 Å². The topological polar surface area (TPSA) is 49.0 Å². The van der Waals surface area contributed by atoms with Crippen molar-refractivity contribution in [3.63, 3.8) is 0 Å². The van der Waals surface area contributed by atoms with E-state index in [2.05, 4.69) is 22.1 Å². The summed E-state index contributed by atoms with van der Waals surface area (Å²) in [7, 11) is 1.82. The van der Waals surface area contributed by atoms with Gasteiger partial charge < -0.3 is 9.88 Å². The highest BCUT2D eigenvalue weighted by Crippen LogP contribution is 2.23. The molecular formula is C20H21N3O. The number of fused-ring (bicyclic) bond motifs is 1. The molecule has 2 heterocycles. The van der Waals surface area contributed by atoms with Crippen LogP contribution in [0.4, 0.5) is 0 Å². The van der Waals surface area contributed by atoms with Crippen LogP contribution in [0.5, 0.6) is 0 Å². The van der Waals surface area contributed by atoms with Crippen LogP contribution in [0.3, 0.4) is 0 Å². The van der Waals surface area contributed by atoms with Crippen LogP contribution in [0.15, 0.2) is 54.7 Å². The number of nitrogens with zero attached hydrogens (tertiary/aromatic N) is 2. The molecule has 0 fully saturated rings. The summed E-state index contributed by atoms with van der Waals surface area (Å²) in [6.45, 7) is 3.96. The summed E-state index contributed by atoms with van der Waals surface area (Å²) in [5.41, 5.74) is 3.99. The number of nitrogens with one attached hydrogen (secondary N) is 1. The van der Waals surface area contributed by atoms with Crippen LogP contribution in [0.1, 0.15) is 29.9 Å². The zero-order chi connectivity index (χ0) is 17.1. The van der Waals surface area contributed by atoms with Gasteiger partial charge in [-0.3, -0.25) is 9.78 Å². The van der Waals surface area contributed by atoms with Gasteiger partial charge in [-0.2, -0.15) is 0 Å². The number of para-hydroxylation sites is 1. The zero-order valence-corrected chi connectivity index (χ0v) is 14.2. The first kappa shape index (κ1) is 16.0. The molecule has 1 N–H and O–H groups in total. The molecule has 3 aromatic rings. The number of H-pyrrole nitrogens is 1. The second kappa shape index (κ2) is 6.71. The minimum atomic E-state index is -0.0401. The van der Waals surface area contributed by atoms with Gasteiger partial charge in [0.2, 0.25) is 5.91 Å². The summed E-state index contributed by atoms with van der Waals surface area (Å²) in [5.74, 6) is -0.0401. The molecule has 122 valence electrons. The normalized spacial score (nSPS) is 12.6. The van der Waals surface area contributed by atoms with Crippen molar-refractivity contribution < 1.29 is 4.79 Å². The second-order valence-corrected chi connectivity index (χ2v) is 6.00. The smallest absolute Gasteiger partial charge is 0.246 e. The van der Waals surface area contributed by atoms with Gasteiger partial charge in [-0.25, -0.2) is 0 Å². The van der Waals surface area contributed by atoms with E-state index in [0.29, 0.717) is 0 Å². The summed E-state index contributed by atoms with van der Waals surface area (Å²) in [6.07, 6.45) is 5.15. The van der Waals surface area contributed by atoms with Gasteiger partial charge in [0.15, 0.2) is 0 Å². The molecule has 3 rings (SSSR count). The first-order valence-corrected chi connectivity index (χ1v) is 8.00. The third kappa shape index (κ3) is 3.38. The van der Waals surface area contributed by atoms with E-state index < -0.39 is 0 Å². The van der Waals surface area contributed by atoms with E-state index in [1.165, 1.54) is 0 Å². The lowest BCUT2D eigenvalue weighted by molar-refractivity contribution is -0.126. The summed E-state index contributed by atoms with van der Waals surface area (Å²) in [5, 5.41) is 1.15. The molecule has 0 spiro atoms. The molecule has 0 radical (unpaired) electrons. The van der Waals surface area contributed by atoms with Gasteiger partial charge in [0.25, 0.3) is 0 Å². The van der Waals surface area contributed by atoms with E-state index in [9.17, 15) is 4.79 Å². The number of benzene rings is 1. The molecule has 0 saturated carbocycles. The Morgan fingerprint density at radius 3 is 2.75 bits per heavy atom. The minimum Gasteiger partial charge on any atom is -0.357 e. The van der Waals surface area contributed by atoms with Crippen LogP contribution in [-0.2, 0) is 4.79 Å². The minimum absolute atomic E-state index is 0.0364. The molecule has 1 aromatic carbocycles. The standard InChI is InChI=1S/C20H21N3O/c1-14-8-9-16(13-21-14)10-11-20(24)23(3)15(2)19-12-17-6-4-5-7-18(17)22-19/h4-13,15,22H,1-3H3. The van der Waals surface area contributed by atoms with Crippen molar-refractivity contribution in [1.82, 2.24) is 14.9 Å². The largest absolute Gasteiger partial charge is 0.357 e. The van der Waals surface area contributed by atoms with Crippen LogP contribution in [-0.4, -0.2) is 27.8 Å². The third-order valence-corrected chi connectivity index (χ3v) is 4.28. The second-order valence-electron chi connectivity index (χ2n) is 6.00. The number of likely N-dealkylation sites (N-methyl/N-ethyl adjacent to an activating group) is 1. The lowest BCUT2D eigenvalue weighted by Gasteiger charge is -2.22. The van der Waals surface area contributed by atoms with E-state index in [0.717, 1.165) is 27.9 Å². The maximum atomic E-state index is 12.4. The molecule has 0 aliphatic rings. The van der Waals surface area contributed by atoms with Crippen LogP contribution < -0.4 is 0 Å². The molecule has 0 saturated heterocycles. The fourth-order valence-electron chi connectivity index (χ4n) is 2.58. The monoisotopic (exact) mass is 319 g/mol. The van der Waals surface area contributed by atoms with Gasteiger partial charge in [0, 0.05) is 36.2 Å². The number of amides is 1. The Balaban J connectivity index is 1.73. The first-order valence-electron chi connectivity index (χ1n) is 8.00. The number of aryl methyl sites for hydroxylation is 1. The number of rotatable bonds is 4. The zero-order valence-electron chi connectivity index (χ0n) is 14.2. The Morgan fingerprint density at radius 2 is 2.04 bits per heavy atom. The van der Waals surface area contributed by atoms with Gasteiger partial charge in [-0.15, -0.1) is 0 Å². The predicted octanol–water partition coefficient (Wildman–Crippen LogP) is 4.10. The number of carbonyl (C=O) groups excluding carboxylic acids is 1. The Labute approximate surface area is 141 Å². The van der Waals surface area contributed by atoms with Crippen molar-refractivity contribution in [2.24, 2.45) is 0 Å². The van der Waals surface area contributed by atoms with Gasteiger partial charge >= 0.3 is 0 Å². The van der Waals surface area contributed by atoms with Crippen molar-refractivity contribution >= 4 is 22.9 Å². The van der Waals surface area contributed by atoms with Crippen LogP contribution in [0.2, 0.25) is 0 Å². The van der Waals surface area contributed by atoms with E-state index >= 15 is 0 Å². The number of carbonyl (C=O) groups is 1. The van der Waals surface area contributed by atoms with Gasteiger partial charge in [0.05, 0.1) is 6.04 Å². The van der Waals surface area contributed by atoms with Crippen LogP contribution in [0, 0.1) is 6.92 Å². The lowest BCUT2D eigenvalue weighted by Crippen LogP contribution is -2.28. The van der Waals surface area contributed by atoms with Crippen molar-refractivity contribution in [3.05, 3.63) is 71.7 Å². The molecule has 1 atom stereocenters. The van der Waals surface area contributed by atoms with E-state index in [1.807, 2.05) is 51.2 Å². The van der Waals surface area contributed by atoms with E-state index in [1.54, 1.807) is 23.2 Å². The summed E-state index contributed by atoms with van der Waals surface area (Å²) in [6, 6.07) is 14.1. The lowest BCUT2D eigenvalue weighted by atomic mass is 10.2. The SMILES string of the molecule is Cc1ccc(C=CC(=O)N(C)C(C)c2cc3ccccc3[nH]2)cn1. The predicted molar refractivity (Wildman–Crippen MR) is 97.5 cm³/mol. The fourth-order valence-corrected chi connectivity index (χ4v) is 2.58. The highest BCUT2D eigenvalue weighted by molar-refractivity contribution is 5.92. The maximum Gasteiger partial charge on any atom is 0.246 e. The average molecular weight is 319 g/mol.